The summed E-state index contributed by atoms with van der Waals surface area (Å²) in [6.07, 6.45) is 1.51. The first-order valence-corrected chi connectivity index (χ1v) is 8.94. The highest BCUT2D eigenvalue weighted by atomic mass is 19.1. The number of aromatic amines is 1. The van der Waals surface area contributed by atoms with Crippen molar-refractivity contribution in [1.82, 2.24) is 9.88 Å². The van der Waals surface area contributed by atoms with Crippen LogP contribution in [-0.2, 0) is 9.53 Å². The molecule has 0 radical (unpaired) electrons. The molecule has 2 unspecified atom stereocenters. The molecule has 1 aliphatic rings. The van der Waals surface area contributed by atoms with Crippen LogP contribution in [0.4, 0.5) is 4.39 Å². The molecule has 1 aliphatic heterocycles. The van der Waals surface area contributed by atoms with Crippen LogP contribution in [0.2, 0.25) is 0 Å². The number of hydrogen-bond acceptors (Lipinski definition) is 4. The second-order valence-corrected chi connectivity index (χ2v) is 6.68. The molecule has 0 spiro atoms. The topological polar surface area (TPSA) is 71.6 Å². The van der Waals surface area contributed by atoms with Gasteiger partial charge in [0.1, 0.15) is 12.1 Å². The van der Waals surface area contributed by atoms with Gasteiger partial charge in [-0.1, -0.05) is 18.2 Å². The van der Waals surface area contributed by atoms with Crippen LogP contribution in [-0.4, -0.2) is 47.6 Å². The number of methoxy groups -OCH3 is 1. The van der Waals surface area contributed by atoms with Gasteiger partial charge in [-0.25, -0.2) is 9.18 Å². The first-order chi connectivity index (χ1) is 13.6. The largest absolute Gasteiger partial charge is 0.485 e. The van der Waals surface area contributed by atoms with Crippen molar-refractivity contribution in [1.29, 1.82) is 0 Å². The summed E-state index contributed by atoms with van der Waals surface area (Å²) in [4.78, 5) is 29.8. The SMILES string of the molecule is COC(=O)C1CC(Oc2ccccc2F)CN1C(=O)c1ccc2cc[nH]c2c1. The average Bonchev–Trinajstić information content (AvgIpc) is 3.35. The zero-order valence-electron chi connectivity index (χ0n) is 15.2. The van der Waals surface area contributed by atoms with Gasteiger partial charge in [-0.05, 0) is 35.7 Å². The molecular weight excluding hydrogens is 363 g/mol. The fourth-order valence-corrected chi connectivity index (χ4v) is 3.53. The first-order valence-electron chi connectivity index (χ1n) is 8.94. The monoisotopic (exact) mass is 382 g/mol. The van der Waals surface area contributed by atoms with Gasteiger partial charge in [0.2, 0.25) is 0 Å². The number of halogens is 1. The molecule has 1 aromatic heterocycles. The zero-order chi connectivity index (χ0) is 19.7. The van der Waals surface area contributed by atoms with Crippen LogP contribution in [0.25, 0.3) is 10.9 Å². The number of esters is 1. The molecule has 1 amide bonds. The van der Waals surface area contributed by atoms with Crippen molar-refractivity contribution in [2.45, 2.75) is 18.6 Å². The number of fused-ring (bicyclic) bond motifs is 1. The first kappa shape index (κ1) is 18.0. The third-order valence-corrected chi connectivity index (χ3v) is 4.93. The highest BCUT2D eigenvalue weighted by molar-refractivity contribution is 6.00. The molecule has 28 heavy (non-hydrogen) atoms. The molecule has 3 aromatic rings. The van der Waals surface area contributed by atoms with E-state index in [0.717, 1.165) is 10.9 Å². The van der Waals surface area contributed by atoms with Crippen LogP contribution in [0.15, 0.2) is 54.7 Å². The average molecular weight is 382 g/mol. The molecule has 0 saturated carbocycles. The Bertz CT molecular complexity index is 1030. The molecule has 1 N–H and O–H groups in total. The van der Waals surface area contributed by atoms with E-state index in [-0.39, 0.29) is 24.6 Å². The number of aromatic nitrogens is 1. The lowest BCUT2D eigenvalue weighted by Crippen LogP contribution is -2.41. The Morgan fingerprint density at radius 3 is 2.79 bits per heavy atom. The molecule has 7 heteroatoms. The second kappa shape index (κ2) is 7.34. The summed E-state index contributed by atoms with van der Waals surface area (Å²) < 4.78 is 24.5. The Hall–Kier alpha value is -3.35. The lowest BCUT2D eigenvalue weighted by atomic mass is 10.1. The van der Waals surface area contributed by atoms with Gasteiger partial charge in [-0.2, -0.15) is 0 Å². The highest BCUT2D eigenvalue weighted by Crippen LogP contribution is 2.27. The van der Waals surface area contributed by atoms with Gasteiger partial charge in [0.25, 0.3) is 5.91 Å². The van der Waals surface area contributed by atoms with E-state index in [1.165, 1.54) is 24.1 Å². The Morgan fingerprint density at radius 1 is 1.18 bits per heavy atom. The van der Waals surface area contributed by atoms with Crippen molar-refractivity contribution in [2.24, 2.45) is 0 Å². The van der Waals surface area contributed by atoms with Crippen molar-refractivity contribution >= 4 is 22.8 Å². The quantitative estimate of drug-likeness (QED) is 0.704. The van der Waals surface area contributed by atoms with Gasteiger partial charge in [0.05, 0.1) is 13.7 Å². The fourth-order valence-electron chi connectivity index (χ4n) is 3.53. The van der Waals surface area contributed by atoms with Crippen LogP contribution < -0.4 is 4.74 Å². The molecule has 2 heterocycles. The maximum Gasteiger partial charge on any atom is 0.328 e. The molecule has 2 aromatic carbocycles. The summed E-state index contributed by atoms with van der Waals surface area (Å²) in [7, 11) is 1.28. The minimum atomic E-state index is -0.784. The van der Waals surface area contributed by atoms with Crippen LogP contribution in [0.1, 0.15) is 16.8 Å². The summed E-state index contributed by atoms with van der Waals surface area (Å²) in [6.45, 7) is 0.162. The van der Waals surface area contributed by atoms with E-state index >= 15 is 0 Å². The van der Waals surface area contributed by atoms with Crippen LogP contribution in [0, 0.1) is 5.82 Å². The van der Waals surface area contributed by atoms with Crippen molar-refractivity contribution in [3.63, 3.8) is 0 Å². The van der Waals surface area contributed by atoms with E-state index in [0.29, 0.717) is 5.56 Å². The number of H-pyrrole nitrogens is 1. The van der Waals surface area contributed by atoms with Crippen molar-refractivity contribution in [2.75, 3.05) is 13.7 Å². The summed E-state index contributed by atoms with van der Waals surface area (Å²) >= 11 is 0. The van der Waals surface area contributed by atoms with Crippen molar-refractivity contribution < 1.29 is 23.5 Å². The molecule has 1 saturated heterocycles. The predicted molar refractivity (Wildman–Crippen MR) is 101 cm³/mol. The van der Waals surface area contributed by atoms with E-state index in [4.69, 9.17) is 9.47 Å². The second-order valence-electron chi connectivity index (χ2n) is 6.68. The summed E-state index contributed by atoms with van der Waals surface area (Å²) in [6, 6.07) is 12.5. The lowest BCUT2D eigenvalue weighted by molar-refractivity contribution is -0.145. The Balaban J connectivity index is 1.58. The maximum atomic E-state index is 13.9. The minimum absolute atomic E-state index is 0.0956. The van der Waals surface area contributed by atoms with Crippen LogP contribution >= 0.6 is 0 Å². The number of ether oxygens (including phenoxy) is 2. The molecule has 4 rings (SSSR count). The van der Waals surface area contributed by atoms with Crippen molar-refractivity contribution in [3.05, 3.63) is 66.1 Å². The molecule has 1 fully saturated rings. The van der Waals surface area contributed by atoms with E-state index in [1.54, 1.807) is 30.5 Å². The number of carbonyl (C=O) groups is 2. The normalized spacial score (nSPS) is 19.0. The molecular formula is C21H19FN2O4. The molecule has 0 aliphatic carbocycles. The van der Waals surface area contributed by atoms with Gasteiger partial charge in [0, 0.05) is 23.7 Å². The maximum absolute atomic E-state index is 13.9. The number of likely N-dealkylation sites (tertiary alicyclic amines) is 1. The number of benzene rings is 2. The van der Waals surface area contributed by atoms with Gasteiger partial charge in [-0.3, -0.25) is 4.79 Å². The number of rotatable bonds is 4. The molecule has 0 bridgehead atoms. The summed E-state index contributed by atoms with van der Waals surface area (Å²) in [5.41, 5.74) is 1.29. The van der Waals surface area contributed by atoms with E-state index in [9.17, 15) is 14.0 Å². The van der Waals surface area contributed by atoms with Crippen molar-refractivity contribution in [3.8, 4) is 5.75 Å². The summed E-state index contributed by atoms with van der Waals surface area (Å²) in [5, 5.41) is 0.989. The number of carbonyl (C=O) groups excluding carboxylic acids is 2. The number of nitrogens with zero attached hydrogens (tertiary/aromatic N) is 1. The number of para-hydroxylation sites is 1. The fraction of sp³-hybridized carbons (Fsp3) is 0.238. The van der Waals surface area contributed by atoms with E-state index < -0.39 is 23.9 Å². The van der Waals surface area contributed by atoms with Crippen LogP contribution in [0.3, 0.4) is 0 Å². The third-order valence-electron chi connectivity index (χ3n) is 4.93. The summed E-state index contributed by atoms with van der Waals surface area (Å²) in [5.74, 6) is -1.21. The Labute approximate surface area is 160 Å². The zero-order valence-corrected chi connectivity index (χ0v) is 15.2. The standard InChI is InChI=1S/C21H19FN2O4/c1-27-21(26)18-11-15(28-19-5-3-2-4-16(19)22)12-24(18)20(25)14-7-6-13-8-9-23-17(13)10-14/h2-10,15,18,23H,11-12H2,1H3. The number of nitrogens with one attached hydrogen (secondary N) is 1. The number of hydrogen-bond donors (Lipinski definition) is 1. The van der Waals surface area contributed by atoms with E-state index in [2.05, 4.69) is 4.98 Å². The van der Waals surface area contributed by atoms with Crippen LogP contribution in [0.5, 0.6) is 5.75 Å². The van der Waals surface area contributed by atoms with E-state index in [1.807, 2.05) is 12.1 Å². The van der Waals surface area contributed by atoms with Gasteiger partial charge in [0.15, 0.2) is 11.6 Å². The molecule has 144 valence electrons. The minimum Gasteiger partial charge on any atom is -0.485 e. The number of amides is 1. The Morgan fingerprint density at radius 2 is 2.00 bits per heavy atom. The molecule has 6 nitrogen and oxygen atoms in total. The van der Waals surface area contributed by atoms with Gasteiger partial charge in [-0.15, -0.1) is 0 Å². The molecule has 2 atom stereocenters. The Kier molecular flexibility index (Phi) is 4.73. The predicted octanol–water partition coefficient (Wildman–Crippen LogP) is 3.14. The van der Waals surface area contributed by atoms with Gasteiger partial charge < -0.3 is 19.4 Å². The third kappa shape index (κ3) is 3.31. The smallest absolute Gasteiger partial charge is 0.328 e. The van der Waals surface area contributed by atoms with Gasteiger partial charge >= 0.3 is 5.97 Å². The highest BCUT2D eigenvalue weighted by Gasteiger charge is 2.42. The lowest BCUT2D eigenvalue weighted by Gasteiger charge is -2.22.